The average molecular weight is 263 g/mol. The lowest BCUT2D eigenvalue weighted by molar-refractivity contribution is 0.0524. The summed E-state index contributed by atoms with van der Waals surface area (Å²) in [6.45, 7) is -1.72. The summed E-state index contributed by atoms with van der Waals surface area (Å²) in [5.41, 5.74) is 0.151. The first-order valence-corrected chi connectivity index (χ1v) is 6.97. The van der Waals surface area contributed by atoms with Crippen LogP contribution in [0.4, 0.5) is 0 Å². The molecule has 86 valence electrons. The number of rotatable bonds is 2. The van der Waals surface area contributed by atoms with Crippen molar-refractivity contribution in [1.82, 2.24) is 0 Å². The minimum atomic E-state index is -3.65. The second kappa shape index (κ2) is 4.00. The number of para-hydroxylation sites is 1. The molecular formula is C9H8ClO5P. The van der Waals surface area contributed by atoms with Gasteiger partial charge in [0, 0.05) is 11.2 Å². The predicted molar refractivity (Wildman–Crippen MR) is 57.1 cm³/mol. The Morgan fingerprint density at radius 3 is 2.94 bits per heavy atom. The lowest BCUT2D eigenvalue weighted by atomic mass is 10.2. The van der Waals surface area contributed by atoms with Gasteiger partial charge in [0.15, 0.2) is 11.5 Å². The highest BCUT2D eigenvalue weighted by atomic mass is 35.7. The van der Waals surface area contributed by atoms with Crippen molar-refractivity contribution >= 4 is 24.2 Å². The maximum Gasteiger partial charge on any atom is 0.530 e. The highest BCUT2D eigenvalue weighted by molar-refractivity contribution is 7.82. The van der Waals surface area contributed by atoms with E-state index in [-0.39, 0.29) is 23.7 Å². The number of esters is 1. The summed E-state index contributed by atoms with van der Waals surface area (Å²) in [6.07, 6.45) is 0. The number of hydrogen-bond acceptors (Lipinski definition) is 5. The number of benzene rings is 1. The number of halogens is 1. The smallest absolute Gasteiger partial charge is 0.462 e. The standard InChI is InChI=1S/C9H8ClO5P/c1-2-13-9(11)6-4-3-5-7-8(6)15-16(10,12)14-7/h3-5H,2H2,1H3/t16-/m1/s1. The monoisotopic (exact) mass is 262 g/mol. The fourth-order valence-corrected chi connectivity index (χ4v) is 2.55. The van der Waals surface area contributed by atoms with Crippen LogP contribution in [-0.2, 0) is 9.30 Å². The molecule has 2 rings (SSSR count). The first-order chi connectivity index (χ1) is 7.53. The van der Waals surface area contributed by atoms with Gasteiger partial charge in [0.2, 0.25) is 0 Å². The molecule has 1 atom stereocenters. The van der Waals surface area contributed by atoms with Gasteiger partial charge in [-0.05, 0) is 19.1 Å². The molecule has 7 heteroatoms. The Bertz CT molecular complexity index is 487. The highest BCUT2D eigenvalue weighted by Crippen LogP contribution is 2.62. The van der Waals surface area contributed by atoms with Gasteiger partial charge in [-0.3, -0.25) is 0 Å². The van der Waals surface area contributed by atoms with E-state index in [2.05, 4.69) is 0 Å². The maximum absolute atomic E-state index is 11.5. The third kappa shape index (κ3) is 2.01. The van der Waals surface area contributed by atoms with Crippen LogP contribution in [0.1, 0.15) is 17.3 Å². The molecule has 0 unspecified atom stereocenters. The summed E-state index contributed by atoms with van der Waals surface area (Å²) in [5, 5.41) is 0. The van der Waals surface area contributed by atoms with E-state index < -0.39 is 12.9 Å². The van der Waals surface area contributed by atoms with Gasteiger partial charge in [0.1, 0.15) is 5.56 Å². The molecule has 1 aromatic carbocycles. The number of ether oxygens (including phenoxy) is 1. The predicted octanol–water partition coefficient (Wildman–Crippen LogP) is 2.98. The SMILES string of the molecule is CCOC(=O)c1cccc2c1O[P@@](=O)(Cl)O2. The van der Waals surface area contributed by atoms with E-state index in [1.165, 1.54) is 12.1 Å². The summed E-state index contributed by atoms with van der Waals surface area (Å²) < 4.78 is 25.9. The molecule has 0 radical (unpaired) electrons. The van der Waals surface area contributed by atoms with Gasteiger partial charge in [-0.1, -0.05) is 6.07 Å². The van der Waals surface area contributed by atoms with Gasteiger partial charge in [-0.15, -0.1) is 0 Å². The maximum atomic E-state index is 11.5. The van der Waals surface area contributed by atoms with Gasteiger partial charge in [0.05, 0.1) is 6.61 Å². The molecule has 0 bridgehead atoms. The molecule has 1 aromatic rings. The molecule has 5 nitrogen and oxygen atoms in total. The summed E-state index contributed by atoms with van der Waals surface area (Å²) in [7, 11) is 0. The normalized spacial score (nSPS) is 21.9. The molecule has 0 aliphatic carbocycles. The first-order valence-electron chi connectivity index (χ1n) is 4.52. The summed E-state index contributed by atoms with van der Waals surface area (Å²) >= 11 is 5.45. The second-order valence-electron chi connectivity index (χ2n) is 2.97. The van der Waals surface area contributed by atoms with E-state index in [9.17, 15) is 9.36 Å². The van der Waals surface area contributed by atoms with E-state index in [4.69, 9.17) is 25.0 Å². The zero-order valence-electron chi connectivity index (χ0n) is 8.31. The molecular weight excluding hydrogens is 255 g/mol. The molecule has 0 spiro atoms. The van der Waals surface area contributed by atoms with E-state index in [1.807, 2.05) is 0 Å². The van der Waals surface area contributed by atoms with Crippen LogP contribution < -0.4 is 9.05 Å². The van der Waals surface area contributed by atoms with Crippen molar-refractivity contribution in [2.24, 2.45) is 0 Å². The molecule has 16 heavy (non-hydrogen) atoms. The first kappa shape index (κ1) is 11.3. The summed E-state index contributed by atoms with van der Waals surface area (Å²) in [6, 6.07) is 4.57. The second-order valence-corrected chi connectivity index (χ2v) is 5.44. The molecule has 0 fully saturated rings. The lowest BCUT2D eigenvalue weighted by Gasteiger charge is -2.04. The Balaban J connectivity index is 2.41. The Hall–Kier alpha value is -1.19. The Morgan fingerprint density at radius 2 is 2.25 bits per heavy atom. The van der Waals surface area contributed by atoms with Crippen LogP contribution in [-0.4, -0.2) is 12.6 Å². The Morgan fingerprint density at radius 1 is 1.50 bits per heavy atom. The van der Waals surface area contributed by atoms with Crippen LogP contribution in [0.25, 0.3) is 0 Å². The third-order valence-electron chi connectivity index (χ3n) is 1.88. The fourth-order valence-electron chi connectivity index (χ4n) is 1.30. The van der Waals surface area contributed by atoms with Gasteiger partial charge in [-0.25, -0.2) is 9.36 Å². The largest absolute Gasteiger partial charge is 0.530 e. The van der Waals surface area contributed by atoms with E-state index >= 15 is 0 Å². The number of fused-ring (bicyclic) bond motifs is 1. The van der Waals surface area contributed by atoms with Crippen LogP contribution >= 0.6 is 18.2 Å². The van der Waals surface area contributed by atoms with E-state index in [0.29, 0.717) is 0 Å². The quantitative estimate of drug-likeness (QED) is 0.606. The molecule has 0 N–H and O–H groups in total. The van der Waals surface area contributed by atoms with Crippen LogP contribution in [0.15, 0.2) is 18.2 Å². The van der Waals surface area contributed by atoms with Gasteiger partial charge in [0.25, 0.3) is 0 Å². The van der Waals surface area contributed by atoms with Gasteiger partial charge in [-0.2, -0.15) is 0 Å². The van der Waals surface area contributed by atoms with Crippen molar-refractivity contribution < 1.29 is 23.1 Å². The topological polar surface area (TPSA) is 61.8 Å². The number of carbonyl (C=O) groups is 1. The molecule has 0 saturated carbocycles. The zero-order chi connectivity index (χ0) is 11.8. The fraction of sp³-hybridized carbons (Fsp3) is 0.222. The van der Waals surface area contributed by atoms with Crippen molar-refractivity contribution in [2.75, 3.05) is 6.61 Å². The lowest BCUT2D eigenvalue weighted by Crippen LogP contribution is -2.05. The van der Waals surface area contributed by atoms with Crippen molar-refractivity contribution in [1.29, 1.82) is 0 Å². The molecule has 1 aliphatic heterocycles. The molecule has 1 heterocycles. The third-order valence-corrected chi connectivity index (χ3v) is 3.11. The van der Waals surface area contributed by atoms with Crippen molar-refractivity contribution in [3.05, 3.63) is 23.8 Å². The van der Waals surface area contributed by atoms with E-state index in [0.717, 1.165) is 0 Å². The van der Waals surface area contributed by atoms with Gasteiger partial charge < -0.3 is 13.8 Å². The van der Waals surface area contributed by atoms with Crippen molar-refractivity contribution in [3.8, 4) is 11.5 Å². The van der Waals surface area contributed by atoms with E-state index in [1.54, 1.807) is 13.0 Å². The Labute approximate surface area is 96.6 Å². The van der Waals surface area contributed by atoms with Crippen LogP contribution in [0.5, 0.6) is 11.5 Å². The van der Waals surface area contributed by atoms with Crippen LogP contribution in [0, 0.1) is 0 Å². The molecule has 1 aliphatic rings. The zero-order valence-corrected chi connectivity index (χ0v) is 9.96. The molecule has 0 amide bonds. The minimum absolute atomic E-state index is 0.0688. The Kier molecular flexibility index (Phi) is 2.82. The van der Waals surface area contributed by atoms with Gasteiger partial charge >= 0.3 is 12.9 Å². The van der Waals surface area contributed by atoms with Crippen LogP contribution in [0.2, 0.25) is 0 Å². The van der Waals surface area contributed by atoms with Crippen molar-refractivity contribution in [2.45, 2.75) is 6.92 Å². The number of hydrogen-bond donors (Lipinski definition) is 0. The van der Waals surface area contributed by atoms with Crippen molar-refractivity contribution in [3.63, 3.8) is 0 Å². The summed E-state index contributed by atoms with van der Waals surface area (Å²) in [4.78, 5) is 11.5. The molecule has 0 saturated heterocycles. The number of carbonyl (C=O) groups excluding carboxylic acids is 1. The van der Waals surface area contributed by atoms with Crippen LogP contribution in [0.3, 0.4) is 0 Å². The average Bonchev–Trinajstić information content (AvgIpc) is 2.51. The summed E-state index contributed by atoms with van der Waals surface area (Å²) in [5.74, 6) is -0.315. The molecule has 0 aromatic heterocycles. The minimum Gasteiger partial charge on any atom is -0.462 e. The highest BCUT2D eigenvalue weighted by Gasteiger charge is 2.37.